The molecular formula is C24H37ClF3N3O4. The van der Waals surface area contributed by atoms with E-state index in [1.807, 2.05) is 0 Å². The van der Waals surface area contributed by atoms with Crippen LogP contribution >= 0.6 is 11.6 Å². The summed E-state index contributed by atoms with van der Waals surface area (Å²) >= 11 is 5.91. The second-order valence-corrected chi connectivity index (χ2v) is 11.4. The molecule has 5 atom stereocenters. The highest BCUT2D eigenvalue weighted by Gasteiger charge is 2.52. The van der Waals surface area contributed by atoms with Gasteiger partial charge >= 0.3 is 6.61 Å². The van der Waals surface area contributed by atoms with Gasteiger partial charge in [-0.1, -0.05) is 0 Å². The third-order valence-corrected chi connectivity index (χ3v) is 9.01. The molecule has 2 bridgehead atoms. The zero-order valence-electron chi connectivity index (χ0n) is 20.0. The Balaban J connectivity index is 1.16. The molecule has 0 aromatic heterocycles. The van der Waals surface area contributed by atoms with Crippen molar-refractivity contribution in [3.63, 3.8) is 0 Å². The average molecular weight is 524 g/mol. The van der Waals surface area contributed by atoms with Gasteiger partial charge in [-0.3, -0.25) is 14.9 Å². The van der Waals surface area contributed by atoms with Crippen LogP contribution in [0, 0.1) is 11.3 Å². The molecule has 7 nitrogen and oxygen atoms in total. The molecule has 2 amide bonds. The van der Waals surface area contributed by atoms with Crippen LogP contribution in [0.5, 0.6) is 0 Å². The maximum atomic E-state index is 13.8. The number of fused-ring (bicyclic) bond motifs is 3. The van der Waals surface area contributed by atoms with Gasteiger partial charge in [0.05, 0.1) is 11.5 Å². The molecule has 1 heterocycles. The number of hydrogen-bond acceptors (Lipinski definition) is 5. The quantitative estimate of drug-likeness (QED) is 0.403. The predicted molar refractivity (Wildman–Crippen MR) is 124 cm³/mol. The van der Waals surface area contributed by atoms with Crippen molar-refractivity contribution in [2.24, 2.45) is 11.3 Å². The summed E-state index contributed by atoms with van der Waals surface area (Å²) in [6, 6.07) is 0. The van der Waals surface area contributed by atoms with Gasteiger partial charge in [0, 0.05) is 30.5 Å². The highest BCUT2D eigenvalue weighted by molar-refractivity contribution is 6.21. The maximum Gasteiger partial charge on any atom is 0.346 e. The van der Waals surface area contributed by atoms with Gasteiger partial charge < -0.3 is 20.1 Å². The molecule has 5 fully saturated rings. The van der Waals surface area contributed by atoms with Gasteiger partial charge in [0.1, 0.15) is 19.0 Å². The monoisotopic (exact) mass is 523 g/mol. The molecule has 1 saturated heterocycles. The zero-order valence-corrected chi connectivity index (χ0v) is 20.8. The number of ether oxygens (including phenoxy) is 2. The second-order valence-electron chi connectivity index (χ2n) is 10.8. The lowest BCUT2D eigenvalue weighted by Gasteiger charge is -2.52. The van der Waals surface area contributed by atoms with Crippen LogP contribution < -0.4 is 16.0 Å². The minimum Gasteiger partial charge on any atom is -0.368 e. The third kappa shape index (κ3) is 6.81. The van der Waals surface area contributed by atoms with Crippen molar-refractivity contribution < 1.29 is 32.2 Å². The number of alkyl halides is 4. The summed E-state index contributed by atoms with van der Waals surface area (Å²) in [5, 5.41) is 8.74. The van der Waals surface area contributed by atoms with Crippen molar-refractivity contribution in [1.82, 2.24) is 16.0 Å². The number of hydrogen-bond donors (Lipinski definition) is 3. The molecule has 0 aromatic carbocycles. The molecule has 0 aromatic rings. The van der Waals surface area contributed by atoms with Gasteiger partial charge in [-0.25, -0.2) is 4.39 Å². The summed E-state index contributed by atoms with van der Waals surface area (Å²) in [7, 11) is 0. The Labute approximate surface area is 209 Å². The molecule has 0 radical (unpaired) electrons. The van der Waals surface area contributed by atoms with E-state index >= 15 is 0 Å². The minimum absolute atomic E-state index is 0.0575. The molecule has 5 aliphatic rings. The van der Waals surface area contributed by atoms with Gasteiger partial charge in [0.15, 0.2) is 0 Å². The summed E-state index contributed by atoms with van der Waals surface area (Å²) < 4.78 is 48.6. The topological polar surface area (TPSA) is 88.7 Å². The number of rotatable bonds is 9. The van der Waals surface area contributed by atoms with Crippen LogP contribution in [0.15, 0.2) is 0 Å². The van der Waals surface area contributed by atoms with E-state index in [1.165, 1.54) is 0 Å². The molecule has 4 aliphatic carbocycles. The minimum atomic E-state index is -2.79. The molecular weight excluding hydrogens is 487 g/mol. The molecule has 11 heteroatoms. The first-order chi connectivity index (χ1) is 16.7. The SMILES string of the molecule is O=C(COC1CCC(Cl)C(F)C1)NC12CCC(C(=O)NCC3CCC(OC(F)F)NC3)(CC1)CC2. The summed E-state index contributed by atoms with van der Waals surface area (Å²) in [5.74, 6) is 0.0545. The lowest BCUT2D eigenvalue weighted by molar-refractivity contribution is -0.178. The molecule has 35 heavy (non-hydrogen) atoms. The first-order valence-electron chi connectivity index (χ1n) is 12.8. The lowest BCUT2D eigenvalue weighted by Crippen LogP contribution is -2.60. The number of amides is 2. The number of halogens is 4. The summed E-state index contributed by atoms with van der Waals surface area (Å²) in [4.78, 5) is 25.6. The highest BCUT2D eigenvalue weighted by atomic mass is 35.5. The van der Waals surface area contributed by atoms with Gasteiger partial charge in [0.25, 0.3) is 0 Å². The molecule has 200 valence electrons. The Kier molecular flexibility index (Phi) is 8.87. The third-order valence-electron chi connectivity index (χ3n) is 8.52. The van der Waals surface area contributed by atoms with Crippen LogP contribution in [0.4, 0.5) is 13.2 Å². The Morgan fingerprint density at radius 2 is 1.77 bits per heavy atom. The smallest absolute Gasteiger partial charge is 0.346 e. The van der Waals surface area contributed by atoms with Crippen molar-refractivity contribution in [2.45, 2.75) is 107 Å². The average Bonchev–Trinajstić information content (AvgIpc) is 2.85. The van der Waals surface area contributed by atoms with E-state index in [9.17, 15) is 22.8 Å². The second kappa shape index (κ2) is 11.5. The van der Waals surface area contributed by atoms with Gasteiger partial charge in [0.2, 0.25) is 11.8 Å². The number of nitrogens with one attached hydrogen (secondary N) is 3. The summed E-state index contributed by atoms with van der Waals surface area (Å²) in [6.07, 6.45) is 5.02. The molecule has 0 spiro atoms. The van der Waals surface area contributed by atoms with E-state index in [1.54, 1.807) is 0 Å². The van der Waals surface area contributed by atoms with Crippen LogP contribution in [0.25, 0.3) is 0 Å². The fourth-order valence-electron chi connectivity index (χ4n) is 6.16. The Morgan fingerprint density at radius 1 is 1.06 bits per heavy atom. The van der Waals surface area contributed by atoms with Crippen molar-refractivity contribution in [1.29, 1.82) is 0 Å². The first kappa shape index (κ1) is 26.9. The molecule has 1 aliphatic heterocycles. The van der Waals surface area contributed by atoms with E-state index in [2.05, 4.69) is 20.7 Å². The number of carbonyl (C=O) groups is 2. The Hall–Kier alpha value is -1.10. The largest absolute Gasteiger partial charge is 0.368 e. The Morgan fingerprint density at radius 3 is 2.37 bits per heavy atom. The van der Waals surface area contributed by atoms with Crippen LogP contribution in [0.3, 0.4) is 0 Å². The lowest BCUT2D eigenvalue weighted by atomic mass is 9.57. The first-order valence-corrected chi connectivity index (χ1v) is 13.3. The highest BCUT2D eigenvalue weighted by Crippen LogP contribution is 2.52. The fourth-order valence-corrected chi connectivity index (χ4v) is 6.39. The van der Waals surface area contributed by atoms with E-state index in [0.29, 0.717) is 38.8 Å². The van der Waals surface area contributed by atoms with Gasteiger partial charge in [-0.15, -0.1) is 11.6 Å². The van der Waals surface area contributed by atoms with Crippen molar-refractivity contribution in [2.75, 3.05) is 19.7 Å². The molecule has 5 rings (SSSR count). The standard InChI is InChI=1S/C24H37ClF3N3O4/c25-17-3-2-16(11-18(17)26)34-14-19(32)31-24-8-5-23(6-9-24,7-10-24)21(33)30-13-15-1-4-20(29-12-15)35-22(27)28/h15-18,20,22,29H,1-14H2,(H,30,33)(H,31,32). The van der Waals surface area contributed by atoms with Crippen LogP contribution in [0.1, 0.15) is 70.6 Å². The molecule has 3 N–H and O–H groups in total. The summed E-state index contributed by atoms with van der Waals surface area (Å²) in [5.41, 5.74) is -0.700. The predicted octanol–water partition coefficient (Wildman–Crippen LogP) is 3.39. The fraction of sp³-hybridized carbons (Fsp3) is 0.917. The molecule has 4 saturated carbocycles. The summed E-state index contributed by atoms with van der Waals surface area (Å²) in [6.45, 7) is -1.83. The van der Waals surface area contributed by atoms with Crippen LogP contribution in [-0.4, -0.2) is 67.5 Å². The van der Waals surface area contributed by atoms with Crippen molar-refractivity contribution >= 4 is 23.4 Å². The van der Waals surface area contributed by atoms with Crippen LogP contribution in [0.2, 0.25) is 0 Å². The number of carbonyl (C=O) groups excluding carboxylic acids is 2. The van der Waals surface area contributed by atoms with E-state index in [-0.39, 0.29) is 42.4 Å². The van der Waals surface area contributed by atoms with Gasteiger partial charge in [-0.05, 0) is 70.1 Å². The van der Waals surface area contributed by atoms with E-state index in [4.69, 9.17) is 16.3 Å². The van der Waals surface area contributed by atoms with E-state index < -0.39 is 29.8 Å². The van der Waals surface area contributed by atoms with Crippen molar-refractivity contribution in [3.8, 4) is 0 Å². The zero-order chi connectivity index (χ0) is 25.1. The van der Waals surface area contributed by atoms with Crippen LogP contribution in [-0.2, 0) is 19.1 Å². The molecule has 5 unspecified atom stereocenters. The maximum absolute atomic E-state index is 13.8. The normalized spacial score (nSPS) is 39.4. The Bertz CT molecular complexity index is 729. The van der Waals surface area contributed by atoms with E-state index in [0.717, 1.165) is 38.5 Å². The number of piperidine rings is 1. The van der Waals surface area contributed by atoms with Crippen molar-refractivity contribution in [3.05, 3.63) is 0 Å². The van der Waals surface area contributed by atoms with Gasteiger partial charge in [-0.2, -0.15) is 8.78 Å².